The molecular formula is C28H25N3O5. The number of ketones is 1. The molecule has 0 radical (unpaired) electrons. The zero-order valence-electron chi connectivity index (χ0n) is 19.9. The van der Waals surface area contributed by atoms with E-state index in [-0.39, 0.29) is 29.7 Å². The minimum Gasteiger partial charge on any atom is -0.497 e. The molecule has 36 heavy (non-hydrogen) atoms. The monoisotopic (exact) mass is 483 g/mol. The van der Waals surface area contributed by atoms with Gasteiger partial charge in [-0.25, -0.2) is 0 Å². The molecule has 1 aliphatic heterocycles. The third kappa shape index (κ3) is 4.11. The molecule has 1 N–H and O–H groups in total. The summed E-state index contributed by atoms with van der Waals surface area (Å²) in [4.78, 5) is 39.4. The molecule has 0 unspecified atom stereocenters. The molecule has 3 aromatic rings. The van der Waals surface area contributed by atoms with E-state index in [1.165, 1.54) is 19.1 Å². The van der Waals surface area contributed by atoms with Gasteiger partial charge in [-0.2, -0.15) is 0 Å². The number of fused-ring (bicyclic) bond motifs is 1. The number of hydrogen-bond acceptors (Lipinski definition) is 6. The molecule has 0 aromatic heterocycles. The Labute approximate surface area is 208 Å². The second-order valence-electron chi connectivity index (χ2n) is 8.98. The molecule has 0 saturated carbocycles. The van der Waals surface area contributed by atoms with Gasteiger partial charge >= 0.3 is 0 Å². The van der Waals surface area contributed by atoms with Gasteiger partial charge in [-0.1, -0.05) is 36.4 Å². The standard InChI is InChI=1S/C28H25N3O5/c1-17(32)30-25-9-4-3-8-23(25)29-24-15-20(19-6-5-7-21(14-19)31(34)35)16-26(33)27(24)28(30)18-10-12-22(36-2)13-11-18/h3-14,20,28-29H,15-16H2,1-2H3/t20-,28+/m0/s1. The molecular weight excluding hydrogens is 458 g/mol. The van der Waals surface area contributed by atoms with Gasteiger partial charge in [-0.05, 0) is 47.7 Å². The fourth-order valence-electron chi connectivity index (χ4n) is 5.17. The number of Topliss-reactive ketones (excluding diaryl/α,β-unsaturated/α-hetero) is 1. The first-order chi connectivity index (χ1) is 17.4. The van der Waals surface area contributed by atoms with E-state index in [0.717, 1.165) is 22.5 Å². The zero-order chi connectivity index (χ0) is 25.4. The number of ether oxygens (including phenoxy) is 1. The van der Waals surface area contributed by atoms with Gasteiger partial charge in [0.2, 0.25) is 5.91 Å². The SMILES string of the molecule is COc1ccc([C@@H]2C3=C(C[C@H](c4cccc([N+](=O)[O-])c4)CC3=O)Nc3ccccc3N2C(C)=O)cc1. The van der Waals surface area contributed by atoms with Crippen molar-refractivity contribution < 1.29 is 19.2 Å². The first kappa shape index (κ1) is 23.3. The summed E-state index contributed by atoms with van der Waals surface area (Å²) in [5.74, 6) is 0.166. The van der Waals surface area contributed by atoms with Crippen LogP contribution in [0.15, 0.2) is 84.1 Å². The molecule has 5 rings (SSSR count). The van der Waals surface area contributed by atoms with Crippen LogP contribution in [0.3, 0.4) is 0 Å². The zero-order valence-corrected chi connectivity index (χ0v) is 19.9. The van der Waals surface area contributed by atoms with Gasteiger partial charge < -0.3 is 10.1 Å². The van der Waals surface area contributed by atoms with Crippen molar-refractivity contribution in [2.24, 2.45) is 0 Å². The van der Waals surface area contributed by atoms with E-state index in [9.17, 15) is 19.7 Å². The van der Waals surface area contributed by atoms with Crippen molar-refractivity contribution in [1.29, 1.82) is 0 Å². The highest BCUT2D eigenvalue weighted by atomic mass is 16.6. The van der Waals surface area contributed by atoms with Crippen LogP contribution in [0.4, 0.5) is 17.1 Å². The Bertz CT molecular complexity index is 1400. The number of non-ortho nitro benzene ring substituents is 1. The Morgan fingerprint density at radius 3 is 2.47 bits per heavy atom. The number of nitrogens with one attached hydrogen (secondary N) is 1. The van der Waals surface area contributed by atoms with Gasteiger partial charge in [0.15, 0.2) is 5.78 Å². The van der Waals surface area contributed by atoms with E-state index in [1.54, 1.807) is 18.1 Å². The average Bonchev–Trinajstić information content (AvgIpc) is 3.03. The Balaban J connectivity index is 1.67. The van der Waals surface area contributed by atoms with Crippen molar-refractivity contribution in [3.8, 4) is 5.75 Å². The number of carbonyl (C=O) groups is 2. The molecule has 1 amide bonds. The van der Waals surface area contributed by atoms with Gasteiger partial charge in [0.25, 0.3) is 5.69 Å². The van der Waals surface area contributed by atoms with Crippen molar-refractivity contribution in [2.75, 3.05) is 17.3 Å². The Hall–Kier alpha value is -4.46. The predicted molar refractivity (Wildman–Crippen MR) is 136 cm³/mol. The van der Waals surface area contributed by atoms with Crippen LogP contribution in [0.2, 0.25) is 0 Å². The molecule has 8 heteroatoms. The number of nitrogens with zero attached hydrogens (tertiary/aromatic N) is 2. The summed E-state index contributed by atoms with van der Waals surface area (Å²) >= 11 is 0. The molecule has 0 bridgehead atoms. The predicted octanol–water partition coefficient (Wildman–Crippen LogP) is 5.52. The van der Waals surface area contributed by atoms with Crippen molar-refractivity contribution in [3.63, 3.8) is 0 Å². The van der Waals surface area contributed by atoms with Gasteiger partial charge in [0.05, 0.1) is 29.4 Å². The second kappa shape index (κ2) is 9.30. The number of para-hydroxylation sites is 2. The lowest BCUT2D eigenvalue weighted by atomic mass is 9.78. The third-order valence-corrected chi connectivity index (χ3v) is 6.81. The van der Waals surface area contributed by atoms with E-state index in [4.69, 9.17) is 4.74 Å². The molecule has 182 valence electrons. The number of hydrogen-bond donors (Lipinski definition) is 1. The first-order valence-electron chi connectivity index (χ1n) is 11.7. The van der Waals surface area contributed by atoms with Crippen LogP contribution < -0.4 is 15.0 Å². The number of carbonyl (C=O) groups excluding carboxylic acids is 2. The lowest BCUT2D eigenvalue weighted by Gasteiger charge is -2.34. The normalized spacial score (nSPS) is 19.1. The largest absolute Gasteiger partial charge is 0.497 e. The van der Waals surface area contributed by atoms with Crippen LogP contribution in [0.5, 0.6) is 5.75 Å². The fraction of sp³-hybridized carbons (Fsp3) is 0.214. The maximum atomic E-state index is 13.8. The van der Waals surface area contributed by atoms with E-state index < -0.39 is 11.0 Å². The van der Waals surface area contributed by atoms with Gasteiger partial charge in [-0.3, -0.25) is 24.6 Å². The number of nitro benzene ring substituents is 1. The second-order valence-corrected chi connectivity index (χ2v) is 8.98. The Morgan fingerprint density at radius 1 is 1.03 bits per heavy atom. The van der Waals surface area contributed by atoms with Gasteiger partial charge in [-0.15, -0.1) is 0 Å². The van der Waals surface area contributed by atoms with Crippen LogP contribution in [0.25, 0.3) is 0 Å². The topological polar surface area (TPSA) is 102 Å². The quantitative estimate of drug-likeness (QED) is 0.387. The highest BCUT2D eigenvalue weighted by molar-refractivity contribution is 6.06. The summed E-state index contributed by atoms with van der Waals surface area (Å²) in [5.41, 5.74) is 4.20. The summed E-state index contributed by atoms with van der Waals surface area (Å²) in [7, 11) is 1.59. The highest BCUT2D eigenvalue weighted by Crippen LogP contribution is 2.47. The van der Waals surface area contributed by atoms with E-state index in [0.29, 0.717) is 23.4 Å². The number of anilines is 2. The number of nitro groups is 1. The molecule has 8 nitrogen and oxygen atoms in total. The third-order valence-electron chi connectivity index (χ3n) is 6.81. The summed E-state index contributed by atoms with van der Waals surface area (Å²) in [6.07, 6.45) is 0.672. The van der Waals surface area contributed by atoms with E-state index in [2.05, 4.69) is 5.32 Å². The van der Waals surface area contributed by atoms with Gasteiger partial charge in [0.1, 0.15) is 5.75 Å². The van der Waals surface area contributed by atoms with Crippen molar-refractivity contribution in [3.05, 3.63) is 105 Å². The van der Waals surface area contributed by atoms with Gasteiger partial charge in [0, 0.05) is 36.7 Å². The van der Waals surface area contributed by atoms with E-state index in [1.807, 2.05) is 54.6 Å². The summed E-state index contributed by atoms with van der Waals surface area (Å²) in [5, 5.41) is 14.8. The molecule has 2 aliphatic rings. The lowest BCUT2D eigenvalue weighted by Crippen LogP contribution is -2.37. The van der Waals surface area contributed by atoms with Crippen LogP contribution in [-0.2, 0) is 9.59 Å². The van der Waals surface area contributed by atoms with Crippen LogP contribution in [0.1, 0.15) is 42.9 Å². The maximum Gasteiger partial charge on any atom is 0.269 e. The molecule has 1 aliphatic carbocycles. The Morgan fingerprint density at radius 2 is 1.78 bits per heavy atom. The van der Waals surface area contributed by atoms with Crippen LogP contribution in [-0.4, -0.2) is 23.7 Å². The summed E-state index contributed by atoms with van der Waals surface area (Å²) < 4.78 is 5.31. The highest BCUT2D eigenvalue weighted by Gasteiger charge is 2.41. The molecule has 1 heterocycles. The molecule has 2 atom stereocenters. The number of amides is 1. The number of methoxy groups -OCH3 is 1. The smallest absolute Gasteiger partial charge is 0.269 e. The first-order valence-corrected chi connectivity index (χ1v) is 11.7. The van der Waals surface area contributed by atoms with Crippen LogP contribution in [0, 0.1) is 10.1 Å². The maximum absolute atomic E-state index is 13.8. The number of benzene rings is 3. The molecule has 0 spiro atoms. The van der Waals surface area contributed by atoms with Crippen molar-refractivity contribution in [1.82, 2.24) is 0 Å². The lowest BCUT2D eigenvalue weighted by molar-refractivity contribution is -0.384. The number of allylic oxidation sites excluding steroid dienone is 1. The summed E-state index contributed by atoms with van der Waals surface area (Å²) in [6.45, 7) is 1.50. The Kier molecular flexibility index (Phi) is 6.01. The molecule has 0 saturated heterocycles. The minimum absolute atomic E-state index is 0.00207. The van der Waals surface area contributed by atoms with Crippen molar-refractivity contribution in [2.45, 2.75) is 31.7 Å². The summed E-state index contributed by atoms with van der Waals surface area (Å²) in [6, 6.07) is 20.7. The molecule has 3 aromatic carbocycles. The number of rotatable bonds is 4. The molecule has 0 fully saturated rings. The van der Waals surface area contributed by atoms with E-state index >= 15 is 0 Å². The minimum atomic E-state index is -0.627. The fourth-order valence-corrected chi connectivity index (χ4v) is 5.17. The van der Waals surface area contributed by atoms with Crippen LogP contribution >= 0.6 is 0 Å². The average molecular weight is 484 g/mol. The van der Waals surface area contributed by atoms with Crippen molar-refractivity contribution >= 4 is 28.8 Å².